The lowest BCUT2D eigenvalue weighted by Crippen LogP contribution is -2.00. The number of para-hydroxylation sites is 1. The van der Waals surface area contributed by atoms with Crippen molar-refractivity contribution >= 4 is 55.5 Å². The molecule has 0 aliphatic carbocycles. The lowest BCUT2D eigenvalue weighted by atomic mass is 10.1. The molecule has 0 saturated heterocycles. The molecule has 6 heteroatoms. The zero-order chi connectivity index (χ0) is 25.9. The summed E-state index contributed by atoms with van der Waals surface area (Å²) in [6.07, 6.45) is 0. The molecule has 184 valence electrons. The summed E-state index contributed by atoms with van der Waals surface area (Å²) < 4.78 is 12.2. The molecule has 0 radical (unpaired) electrons. The largest absolute Gasteiger partial charge is 0.456 e. The van der Waals surface area contributed by atoms with Crippen molar-refractivity contribution in [2.24, 2.45) is 0 Å². The van der Waals surface area contributed by atoms with Gasteiger partial charge >= 0.3 is 0 Å². The Balaban J connectivity index is 1.33. The Morgan fingerprint density at radius 1 is 0.410 bits per heavy atom. The van der Waals surface area contributed by atoms with E-state index in [0.717, 1.165) is 60.6 Å². The highest BCUT2D eigenvalue weighted by Gasteiger charge is 2.16. The first kappa shape index (κ1) is 22.0. The highest BCUT2D eigenvalue weighted by atomic mass is 35.5. The maximum Gasteiger partial charge on any atom is 0.164 e. The van der Waals surface area contributed by atoms with Crippen molar-refractivity contribution in [1.29, 1.82) is 0 Å². The summed E-state index contributed by atoms with van der Waals surface area (Å²) in [5.74, 6) is 1.75. The lowest BCUT2D eigenvalue weighted by molar-refractivity contribution is 0.668. The molecular weight excluding hydrogens is 506 g/mol. The van der Waals surface area contributed by atoms with Crippen LogP contribution in [-0.2, 0) is 0 Å². The third-order valence-electron chi connectivity index (χ3n) is 6.99. The van der Waals surface area contributed by atoms with Crippen LogP contribution in [0.2, 0.25) is 5.02 Å². The monoisotopic (exact) mass is 523 g/mol. The fourth-order valence-electron chi connectivity index (χ4n) is 5.10. The second-order valence-electron chi connectivity index (χ2n) is 9.43. The Morgan fingerprint density at radius 3 is 1.79 bits per heavy atom. The molecule has 0 atom stereocenters. The van der Waals surface area contributed by atoms with Gasteiger partial charge in [0, 0.05) is 43.3 Å². The summed E-state index contributed by atoms with van der Waals surface area (Å²) in [6, 6.07) is 35.7. The van der Waals surface area contributed by atoms with Gasteiger partial charge in [-0.05, 0) is 54.6 Å². The van der Waals surface area contributed by atoms with Crippen LogP contribution in [0.4, 0.5) is 0 Å². The van der Waals surface area contributed by atoms with Crippen molar-refractivity contribution in [1.82, 2.24) is 15.0 Å². The van der Waals surface area contributed by atoms with Gasteiger partial charge in [0.2, 0.25) is 0 Å². The summed E-state index contributed by atoms with van der Waals surface area (Å²) in [5.41, 5.74) is 5.85. The van der Waals surface area contributed by atoms with Crippen molar-refractivity contribution < 1.29 is 8.83 Å². The van der Waals surface area contributed by atoms with E-state index in [4.69, 9.17) is 35.4 Å². The van der Waals surface area contributed by atoms with Crippen LogP contribution in [0, 0.1) is 0 Å². The smallest absolute Gasteiger partial charge is 0.164 e. The topological polar surface area (TPSA) is 65.0 Å². The first-order chi connectivity index (χ1) is 19.2. The van der Waals surface area contributed by atoms with E-state index in [1.807, 2.05) is 97.1 Å². The maximum atomic E-state index is 6.24. The molecule has 0 bridgehead atoms. The number of hydrogen-bond acceptors (Lipinski definition) is 5. The quantitative estimate of drug-likeness (QED) is 0.231. The van der Waals surface area contributed by atoms with E-state index in [-0.39, 0.29) is 0 Å². The first-order valence-electron chi connectivity index (χ1n) is 12.5. The molecule has 0 aliphatic rings. The number of halogens is 1. The van der Waals surface area contributed by atoms with Gasteiger partial charge in [0.1, 0.15) is 22.3 Å². The molecule has 5 aromatic carbocycles. The van der Waals surface area contributed by atoms with Gasteiger partial charge in [-0.1, -0.05) is 66.2 Å². The van der Waals surface area contributed by atoms with Crippen LogP contribution in [0.5, 0.6) is 0 Å². The minimum atomic E-state index is 0.566. The normalized spacial score (nSPS) is 11.7. The van der Waals surface area contributed by atoms with E-state index >= 15 is 0 Å². The predicted molar refractivity (Wildman–Crippen MR) is 156 cm³/mol. The van der Waals surface area contributed by atoms with E-state index in [1.165, 1.54) is 0 Å². The second-order valence-corrected chi connectivity index (χ2v) is 9.87. The Labute approximate surface area is 227 Å². The third kappa shape index (κ3) is 3.67. The van der Waals surface area contributed by atoms with E-state index in [1.54, 1.807) is 0 Å². The zero-order valence-corrected chi connectivity index (χ0v) is 21.2. The minimum Gasteiger partial charge on any atom is -0.456 e. The van der Waals surface area contributed by atoms with Crippen LogP contribution in [-0.4, -0.2) is 15.0 Å². The molecule has 0 fully saturated rings. The van der Waals surface area contributed by atoms with E-state index < -0.39 is 0 Å². The summed E-state index contributed by atoms with van der Waals surface area (Å²) in [6.45, 7) is 0. The molecule has 0 amide bonds. The molecule has 8 rings (SSSR count). The number of aromatic nitrogens is 3. The summed E-state index contributed by atoms with van der Waals surface area (Å²) in [7, 11) is 0. The van der Waals surface area contributed by atoms with Crippen LogP contribution >= 0.6 is 11.6 Å². The number of rotatable bonds is 3. The minimum absolute atomic E-state index is 0.566. The molecule has 3 aromatic heterocycles. The van der Waals surface area contributed by atoms with Gasteiger partial charge in [0.05, 0.1) is 0 Å². The molecule has 39 heavy (non-hydrogen) atoms. The Morgan fingerprint density at radius 2 is 0.974 bits per heavy atom. The molecular formula is C33H18ClN3O2. The van der Waals surface area contributed by atoms with Gasteiger partial charge in [-0.15, -0.1) is 0 Å². The number of fused-ring (bicyclic) bond motifs is 6. The molecule has 0 unspecified atom stereocenters. The van der Waals surface area contributed by atoms with Crippen LogP contribution in [0.25, 0.3) is 78.0 Å². The van der Waals surface area contributed by atoms with Gasteiger partial charge in [0.15, 0.2) is 17.5 Å². The molecule has 0 aliphatic heterocycles. The van der Waals surface area contributed by atoms with Crippen molar-refractivity contribution in [3.05, 3.63) is 114 Å². The lowest BCUT2D eigenvalue weighted by Gasteiger charge is -2.08. The molecule has 0 spiro atoms. The second kappa shape index (κ2) is 8.51. The number of hydrogen-bond donors (Lipinski definition) is 0. The average Bonchev–Trinajstić information content (AvgIpc) is 3.54. The maximum absolute atomic E-state index is 6.24. The SMILES string of the molecule is Clc1ccc2oc3cc(-c4nc(-c5ccccc5)nc(-c5ccc6oc7ccccc7c6c5)n4)ccc3c2c1. The molecule has 8 aromatic rings. The average molecular weight is 524 g/mol. The van der Waals surface area contributed by atoms with Crippen LogP contribution in [0.1, 0.15) is 0 Å². The van der Waals surface area contributed by atoms with Crippen molar-refractivity contribution in [2.75, 3.05) is 0 Å². The molecule has 5 nitrogen and oxygen atoms in total. The van der Waals surface area contributed by atoms with Crippen LogP contribution < -0.4 is 0 Å². The number of furan rings is 2. The van der Waals surface area contributed by atoms with Crippen molar-refractivity contribution in [3.8, 4) is 34.2 Å². The van der Waals surface area contributed by atoms with Gasteiger partial charge < -0.3 is 8.83 Å². The van der Waals surface area contributed by atoms with E-state index in [2.05, 4.69) is 12.1 Å². The summed E-state index contributed by atoms with van der Waals surface area (Å²) in [4.78, 5) is 14.7. The van der Waals surface area contributed by atoms with Gasteiger partial charge in [-0.25, -0.2) is 15.0 Å². The van der Waals surface area contributed by atoms with E-state index in [9.17, 15) is 0 Å². The fourth-order valence-corrected chi connectivity index (χ4v) is 5.28. The molecule has 0 saturated carbocycles. The third-order valence-corrected chi connectivity index (χ3v) is 7.23. The van der Waals surface area contributed by atoms with Gasteiger partial charge in [0.25, 0.3) is 0 Å². The Bertz CT molecular complexity index is 2200. The zero-order valence-electron chi connectivity index (χ0n) is 20.4. The van der Waals surface area contributed by atoms with E-state index in [0.29, 0.717) is 22.5 Å². The fraction of sp³-hybridized carbons (Fsp3) is 0. The molecule has 0 N–H and O–H groups in total. The highest BCUT2D eigenvalue weighted by Crippen LogP contribution is 2.35. The Hall–Kier alpha value is -5.00. The summed E-state index contributed by atoms with van der Waals surface area (Å²) in [5, 5.41) is 4.72. The van der Waals surface area contributed by atoms with Gasteiger partial charge in [-0.3, -0.25) is 0 Å². The Kier molecular flexibility index (Phi) is 4.81. The highest BCUT2D eigenvalue weighted by molar-refractivity contribution is 6.31. The van der Waals surface area contributed by atoms with Gasteiger partial charge in [-0.2, -0.15) is 0 Å². The number of benzene rings is 5. The predicted octanol–water partition coefficient (Wildman–Crippen LogP) is 9.32. The first-order valence-corrected chi connectivity index (χ1v) is 12.9. The molecule has 3 heterocycles. The van der Waals surface area contributed by atoms with Crippen LogP contribution in [0.15, 0.2) is 118 Å². The summed E-state index contributed by atoms with van der Waals surface area (Å²) >= 11 is 6.24. The van der Waals surface area contributed by atoms with Crippen molar-refractivity contribution in [3.63, 3.8) is 0 Å². The standard InChI is InChI=1S/C33H18ClN3O2/c34-22-12-15-29-26(18-22)24-13-10-21(17-30(24)39-29)33-36-31(19-6-2-1-3-7-19)35-32(37-33)20-11-14-28-25(16-20)23-8-4-5-9-27(23)38-28/h1-18H. The van der Waals surface area contributed by atoms with Crippen molar-refractivity contribution in [2.45, 2.75) is 0 Å². The van der Waals surface area contributed by atoms with Crippen LogP contribution in [0.3, 0.4) is 0 Å². The number of nitrogens with zero attached hydrogens (tertiary/aromatic N) is 3.